The van der Waals surface area contributed by atoms with Crippen LogP contribution in [0.5, 0.6) is 0 Å². The molecule has 31 heavy (non-hydrogen) atoms. The largest absolute Gasteiger partial charge is 0.325 e. The smallest absolute Gasteiger partial charge is 0.263 e. The van der Waals surface area contributed by atoms with Crippen molar-refractivity contribution in [2.24, 2.45) is 0 Å². The number of anilines is 1. The van der Waals surface area contributed by atoms with Crippen molar-refractivity contribution in [2.75, 3.05) is 5.32 Å². The molecule has 0 saturated heterocycles. The van der Waals surface area contributed by atoms with Crippen LogP contribution in [0.1, 0.15) is 19.4 Å². The maximum Gasteiger partial charge on any atom is 0.263 e. The van der Waals surface area contributed by atoms with E-state index in [1.54, 1.807) is 12.1 Å². The average molecular weight is 434 g/mol. The van der Waals surface area contributed by atoms with Gasteiger partial charge < -0.3 is 5.32 Å². The van der Waals surface area contributed by atoms with Crippen LogP contribution in [0.4, 0.5) is 5.69 Å². The Balaban J connectivity index is 1.67. The van der Waals surface area contributed by atoms with Crippen LogP contribution in [0.3, 0.4) is 0 Å². The van der Waals surface area contributed by atoms with Crippen molar-refractivity contribution in [1.82, 2.24) is 19.2 Å². The summed E-state index contributed by atoms with van der Waals surface area (Å²) in [6.07, 6.45) is 2.60. The molecule has 0 aliphatic rings. The Hall–Kier alpha value is -3.39. The van der Waals surface area contributed by atoms with E-state index in [4.69, 9.17) is 0 Å². The molecule has 0 fully saturated rings. The monoisotopic (exact) mass is 433 g/mol. The van der Waals surface area contributed by atoms with Gasteiger partial charge in [0.05, 0.1) is 16.2 Å². The van der Waals surface area contributed by atoms with Crippen LogP contribution in [0.2, 0.25) is 0 Å². The van der Waals surface area contributed by atoms with Crippen molar-refractivity contribution in [2.45, 2.75) is 37.2 Å². The highest BCUT2D eigenvalue weighted by Crippen LogP contribution is 2.26. The quantitative estimate of drug-likeness (QED) is 0.353. The van der Waals surface area contributed by atoms with Gasteiger partial charge in [-0.3, -0.25) is 18.6 Å². The maximum atomic E-state index is 12.9. The van der Waals surface area contributed by atoms with Gasteiger partial charge in [0.2, 0.25) is 11.7 Å². The van der Waals surface area contributed by atoms with Gasteiger partial charge >= 0.3 is 0 Å². The zero-order valence-corrected chi connectivity index (χ0v) is 18.2. The summed E-state index contributed by atoms with van der Waals surface area (Å²) in [5.74, 6) is 0.295. The number of nitrogens with zero attached hydrogens (tertiary/aromatic N) is 4. The molecule has 1 atom stereocenters. The van der Waals surface area contributed by atoms with Gasteiger partial charge in [-0.1, -0.05) is 49.0 Å². The van der Waals surface area contributed by atoms with Crippen molar-refractivity contribution >= 4 is 40.0 Å². The van der Waals surface area contributed by atoms with Crippen LogP contribution in [-0.4, -0.2) is 30.3 Å². The van der Waals surface area contributed by atoms with Crippen LogP contribution < -0.4 is 10.9 Å². The van der Waals surface area contributed by atoms with E-state index in [0.717, 1.165) is 12.1 Å². The number of fused-ring (bicyclic) bond motifs is 3. The Kier molecular flexibility index (Phi) is 5.90. The third kappa shape index (κ3) is 3.98. The molecule has 158 valence electrons. The zero-order valence-electron chi connectivity index (χ0n) is 17.4. The first-order chi connectivity index (χ1) is 15.0. The molecule has 8 heteroatoms. The summed E-state index contributed by atoms with van der Waals surface area (Å²) in [5.41, 5.74) is 2.53. The Bertz CT molecular complexity index is 1320. The number of rotatable bonds is 7. The normalized spacial score (nSPS) is 12.2. The minimum absolute atomic E-state index is 0.130. The second-order valence-electron chi connectivity index (χ2n) is 7.14. The van der Waals surface area contributed by atoms with Gasteiger partial charge in [-0.2, -0.15) is 0 Å². The summed E-state index contributed by atoms with van der Waals surface area (Å²) in [6, 6.07) is 15.1. The van der Waals surface area contributed by atoms with Gasteiger partial charge in [-0.15, -0.1) is 16.8 Å². The number of hydrogen-bond donors (Lipinski definition) is 1. The Labute approximate surface area is 183 Å². The Morgan fingerprint density at radius 1 is 1.19 bits per heavy atom. The molecule has 4 aromatic rings. The molecule has 0 aliphatic heterocycles. The number of allylic oxidation sites excluding steroid dienone is 1. The molecule has 4 rings (SSSR count). The number of carbonyl (C=O) groups excluding carboxylic acids is 1. The van der Waals surface area contributed by atoms with Gasteiger partial charge in [-0.25, -0.2) is 0 Å². The fourth-order valence-corrected chi connectivity index (χ4v) is 4.24. The number of hydrogen-bond acceptors (Lipinski definition) is 5. The molecule has 1 N–H and O–H groups in total. The van der Waals surface area contributed by atoms with Gasteiger partial charge in [-0.05, 0) is 43.2 Å². The lowest BCUT2D eigenvalue weighted by molar-refractivity contribution is -0.115. The summed E-state index contributed by atoms with van der Waals surface area (Å²) >= 11 is 1.30. The number of aromatic nitrogens is 4. The van der Waals surface area contributed by atoms with E-state index in [9.17, 15) is 9.59 Å². The van der Waals surface area contributed by atoms with E-state index in [1.165, 1.54) is 21.9 Å². The lowest BCUT2D eigenvalue weighted by atomic mass is 10.1. The first-order valence-corrected chi connectivity index (χ1v) is 11.0. The summed E-state index contributed by atoms with van der Waals surface area (Å²) < 4.78 is 3.36. The van der Waals surface area contributed by atoms with Crippen LogP contribution in [-0.2, 0) is 17.8 Å². The summed E-state index contributed by atoms with van der Waals surface area (Å²) in [4.78, 5) is 25.6. The second-order valence-corrected chi connectivity index (χ2v) is 8.45. The predicted octanol–water partition coefficient (Wildman–Crippen LogP) is 3.91. The minimum atomic E-state index is -0.420. The molecule has 2 heterocycles. The number of amides is 1. The van der Waals surface area contributed by atoms with E-state index < -0.39 is 5.25 Å². The number of para-hydroxylation sites is 1. The van der Waals surface area contributed by atoms with Crippen LogP contribution >= 0.6 is 11.8 Å². The zero-order chi connectivity index (χ0) is 22.0. The maximum absolute atomic E-state index is 12.9. The number of thioether (sulfide) groups is 1. The fraction of sp³-hybridized carbons (Fsp3) is 0.217. The number of nitrogens with one attached hydrogen (secondary N) is 1. The second kappa shape index (κ2) is 8.77. The minimum Gasteiger partial charge on any atom is -0.325 e. The van der Waals surface area contributed by atoms with E-state index in [0.29, 0.717) is 28.4 Å². The number of aryl methyl sites for hydroxylation is 1. The highest BCUT2D eigenvalue weighted by Gasteiger charge is 2.21. The van der Waals surface area contributed by atoms with Gasteiger partial charge in [0.25, 0.3) is 5.56 Å². The van der Waals surface area contributed by atoms with Crippen molar-refractivity contribution < 1.29 is 4.79 Å². The molecule has 0 radical (unpaired) electrons. The van der Waals surface area contributed by atoms with Crippen molar-refractivity contribution in [3.63, 3.8) is 0 Å². The summed E-state index contributed by atoms with van der Waals surface area (Å²) in [6.45, 7) is 7.97. The SMILES string of the molecule is C=CCn1c(=O)c2ccccc2n2c(SC(C)C(=O)Nc3ccc(CC)cc3)nnc12. The van der Waals surface area contributed by atoms with E-state index >= 15 is 0 Å². The molecule has 1 unspecified atom stereocenters. The molecule has 7 nitrogen and oxygen atoms in total. The first kappa shape index (κ1) is 20.9. The molecule has 1 amide bonds. The van der Waals surface area contributed by atoms with Crippen molar-refractivity contribution in [3.05, 3.63) is 77.1 Å². The average Bonchev–Trinajstić information content (AvgIpc) is 3.20. The lowest BCUT2D eigenvalue weighted by Crippen LogP contribution is -2.24. The highest BCUT2D eigenvalue weighted by molar-refractivity contribution is 8.00. The lowest BCUT2D eigenvalue weighted by Gasteiger charge is -2.13. The Morgan fingerprint density at radius 3 is 2.65 bits per heavy atom. The fourth-order valence-electron chi connectivity index (χ4n) is 3.38. The number of benzene rings is 2. The topological polar surface area (TPSA) is 81.3 Å². The number of carbonyl (C=O) groups is 1. The summed E-state index contributed by atoms with van der Waals surface area (Å²) in [7, 11) is 0. The molecule has 0 spiro atoms. The van der Waals surface area contributed by atoms with Gasteiger partial charge in [0, 0.05) is 12.2 Å². The highest BCUT2D eigenvalue weighted by atomic mass is 32.2. The molecule has 0 aliphatic carbocycles. The van der Waals surface area contributed by atoms with E-state index in [2.05, 4.69) is 29.0 Å². The molecule has 0 saturated carbocycles. The molecule has 2 aromatic carbocycles. The molecule has 0 bridgehead atoms. The van der Waals surface area contributed by atoms with Crippen LogP contribution in [0.25, 0.3) is 16.7 Å². The molecular formula is C23H23N5O2S. The van der Waals surface area contributed by atoms with Gasteiger partial charge in [0.1, 0.15) is 0 Å². The molecule has 2 aromatic heterocycles. The van der Waals surface area contributed by atoms with Crippen molar-refractivity contribution in [3.8, 4) is 0 Å². The van der Waals surface area contributed by atoms with Crippen LogP contribution in [0, 0.1) is 0 Å². The third-order valence-electron chi connectivity index (χ3n) is 5.07. The summed E-state index contributed by atoms with van der Waals surface area (Å²) in [5, 5.41) is 12.2. The molecular weight excluding hydrogens is 410 g/mol. The standard InChI is InChI=1S/C23H23N5O2S/c1-4-14-27-21(30)18-8-6-7-9-19(18)28-22(27)25-26-23(28)31-15(3)20(29)24-17-12-10-16(5-2)11-13-17/h4,6-13,15H,1,5,14H2,2-3H3,(H,24,29). The third-order valence-corrected chi connectivity index (χ3v) is 6.11. The van der Waals surface area contributed by atoms with Crippen molar-refractivity contribution in [1.29, 1.82) is 0 Å². The first-order valence-electron chi connectivity index (χ1n) is 10.1. The van der Waals surface area contributed by atoms with E-state index in [-0.39, 0.29) is 11.5 Å². The Morgan fingerprint density at radius 2 is 1.94 bits per heavy atom. The van der Waals surface area contributed by atoms with E-state index in [1.807, 2.05) is 53.8 Å². The van der Waals surface area contributed by atoms with Gasteiger partial charge in [0.15, 0.2) is 5.16 Å². The predicted molar refractivity (Wildman–Crippen MR) is 125 cm³/mol. The van der Waals surface area contributed by atoms with Crippen LogP contribution in [0.15, 0.2) is 71.1 Å².